The zero-order valence-corrected chi connectivity index (χ0v) is 10.2. The lowest BCUT2D eigenvalue weighted by Crippen LogP contribution is -2.34. The van der Waals surface area contributed by atoms with Crippen molar-refractivity contribution in [2.24, 2.45) is 5.92 Å². The summed E-state index contributed by atoms with van der Waals surface area (Å²) >= 11 is 0. The molecule has 2 rings (SSSR count). The van der Waals surface area contributed by atoms with E-state index in [9.17, 15) is 5.11 Å². The van der Waals surface area contributed by atoms with Crippen molar-refractivity contribution in [3.63, 3.8) is 0 Å². The molecule has 1 saturated carbocycles. The normalized spacial score (nSPS) is 30.2. The summed E-state index contributed by atoms with van der Waals surface area (Å²) in [7, 11) is 0. The van der Waals surface area contributed by atoms with Gasteiger partial charge in [-0.05, 0) is 18.8 Å². The Morgan fingerprint density at radius 1 is 1.56 bits per heavy atom. The Hall–Kier alpha value is -0.900. The molecule has 1 fully saturated rings. The number of aliphatic hydroxyl groups is 1. The van der Waals surface area contributed by atoms with E-state index in [-0.39, 0.29) is 5.92 Å². The summed E-state index contributed by atoms with van der Waals surface area (Å²) in [4.78, 5) is 4.32. The molecular weight excluding hydrogens is 204 g/mol. The fraction of sp³-hybridized carbons (Fsp3) is 0.833. The van der Waals surface area contributed by atoms with Gasteiger partial charge < -0.3 is 9.63 Å². The van der Waals surface area contributed by atoms with E-state index >= 15 is 0 Å². The molecule has 0 saturated heterocycles. The molecule has 0 bridgehead atoms. The van der Waals surface area contributed by atoms with Gasteiger partial charge in [0.05, 0.1) is 12.0 Å². The maximum absolute atomic E-state index is 10.4. The molecular formula is C12H20N2O2. The highest BCUT2D eigenvalue weighted by atomic mass is 16.5. The van der Waals surface area contributed by atoms with Crippen LogP contribution in [0.15, 0.2) is 4.52 Å². The van der Waals surface area contributed by atoms with Crippen LogP contribution in [0.1, 0.15) is 57.7 Å². The van der Waals surface area contributed by atoms with Crippen molar-refractivity contribution in [3.8, 4) is 0 Å². The molecule has 0 aliphatic heterocycles. The van der Waals surface area contributed by atoms with Gasteiger partial charge in [-0.3, -0.25) is 0 Å². The maximum Gasteiger partial charge on any atom is 0.229 e. The van der Waals surface area contributed by atoms with Crippen molar-refractivity contribution in [1.29, 1.82) is 0 Å². The van der Waals surface area contributed by atoms with Crippen LogP contribution in [0.4, 0.5) is 0 Å². The third-order valence-corrected chi connectivity index (χ3v) is 3.62. The van der Waals surface area contributed by atoms with Crippen LogP contribution in [0.2, 0.25) is 0 Å². The Kier molecular flexibility index (Phi) is 3.02. The van der Waals surface area contributed by atoms with E-state index in [1.54, 1.807) is 0 Å². The van der Waals surface area contributed by atoms with Crippen molar-refractivity contribution in [3.05, 3.63) is 11.7 Å². The number of hydrogen-bond donors (Lipinski definition) is 1. The fourth-order valence-corrected chi connectivity index (χ4v) is 2.33. The number of nitrogens with zero attached hydrogens (tertiary/aromatic N) is 2. The van der Waals surface area contributed by atoms with E-state index in [0.29, 0.717) is 18.2 Å². The predicted octanol–water partition coefficient (Wildman–Crippen LogP) is 2.29. The summed E-state index contributed by atoms with van der Waals surface area (Å²) in [5, 5.41) is 14.3. The first-order valence-electron chi connectivity index (χ1n) is 6.06. The van der Waals surface area contributed by atoms with Crippen molar-refractivity contribution in [2.75, 3.05) is 0 Å². The highest BCUT2D eigenvalue weighted by molar-refractivity contribution is 5.00. The van der Waals surface area contributed by atoms with E-state index in [1.165, 1.54) is 0 Å². The third-order valence-electron chi connectivity index (χ3n) is 3.62. The Bertz CT molecular complexity index is 362. The van der Waals surface area contributed by atoms with Crippen molar-refractivity contribution < 1.29 is 9.63 Å². The van der Waals surface area contributed by atoms with E-state index in [4.69, 9.17) is 4.52 Å². The molecule has 1 aromatic heterocycles. The van der Waals surface area contributed by atoms with Gasteiger partial charge >= 0.3 is 0 Å². The largest absolute Gasteiger partial charge is 0.389 e. The molecule has 1 aromatic rings. The lowest BCUT2D eigenvalue weighted by atomic mass is 9.89. The molecule has 1 heterocycles. The van der Waals surface area contributed by atoms with E-state index in [0.717, 1.165) is 25.1 Å². The number of rotatable bonds is 3. The van der Waals surface area contributed by atoms with Gasteiger partial charge in [-0.2, -0.15) is 4.98 Å². The highest BCUT2D eigenvalue weighted by Crippen LogP contribution is 2.37. The molecule has 1 aliphatic rings. The maximum atomic E-state index is 10.4. The minimum Gasteiger partial charge on any atom is -0.389 e. The first-order valence-corrected chi connectivity index (χ1v) is 6.06. The van der Waals surface area contributed by atoms with Crippen LogP contribution in [0.5, 0.6) is 0 Å². The monoisotopic (exact) mass is 224 g/mol. The first kappa shape index (κ1) is 11.6. The molecule has 4 nitrogen and oxygen atoms in total. The molecule has 2 atom stereocenters. The molecule has 0 aromatic carbocycles. The summed E-state index contributed by atoms with van der Waals surface area (Å²) < 4.78 is 5.18. The van der Waals surface area contributed by atoms with Crippen LogP contribution < -0.4 is 0 Å². The van der Waals surface area contributed by atoms with Gasteiger partial charge in [-0.25, -0.2) is 0 Å². The molecule has 1 aliphatic carbocycles. The van der Waals surface area contributed by atoms with Gasteiger partial charge in [-0.15, -0.1) is 0 Å². The Balaban J connectivity index is 2.08. The van der Waals surface area contributed by atoms with E-state index in [1.807, 2.05) is 13.8 Å². The molecule has 1 N–H and O–H groups in total. The Labute approximate surface area is 96.1 Å². The van der Waals surface area contributed by atoms with Gasteiger partial charge in [0, 0.05) is 5.92 Å². The van der Waals surface area contributed by atoms with Crippen LogP contribution in [0.3, 0.4) is 0 Å². The average Bonchev–Trinajstić information content (AvgIpc) is 2.76. The molecule has 90 valence electrons. The average molecular weight is 224 g/mol. The second kappa shape index (κ2) is 4.17. The van der Waals surface area contributed by atoms with Gasteiger partial charge in [0.25, 0.3) is 0 Å². The van der Waals surface area contributed by atoms with Crippen LogP contribution in [-0.2, 0) is 6.42 Å². The minimum absolute atomic E-state index is 0.271. The summed E-state index contributed by atoms with van der Waals surface area (Å²) in [5.74, 6) is 1.89. The topological polar surface area (TPSA) is 59.2 Å². The zero-order chi connectivity index (χ0) is 11.8. The summed E-state index contributed by atoms with van der Waals surface area (Å²) in [6, 6.07) is 0. The quantitative estimate of drug-likeness (QED) is 0.855. The zero-order valence-electron chi connectivity index (χ0n) is 10.2. The second-order valence-corrected chi connectivity index (χ2v) is 5.27. The standard InChI is InChI=1S/C12H20N2O2/c1-8(2)11-13-10(16-14-11)7-12(15)6-4-5-9(12)3/h8-9,15H,4-7H2,1-3H3. The van der Waals surface area contributed by atoms with Crippen molar-refractivity contribution in [2.45, 2.75) is 58.0 Å². The minimum atomic E-state index is -0.638. The third kappa shape index (κ3) is 2.12. The SMILES string of the molecule is CC(C)c1noc(CC2(O)CCCC2C)n1. The first-order chi connectivity index (χ1) is 7.51. The van der Waals surface area contributed by atoms with Crippen LogP contribution in [0, 0.1) is 5.92 Å². The summed E-state index contributed by atoms with van der Waals surface area (Å²) in [5.41, 5.74) is -0.638. The van der Waals surface area contributed by atoms with Crippen LogP contribution >= 0.6 is 0 Å². The smallest absolute Gasteiger partial charge is 0.229 e. The summed E-state index contributed by atoms with van der Waals surface area (Å²) in [6.07, 6.45) is 3.51. The molecule has 0 spiro atoms. The summed E-state index contributed by atoms with van der Waals surface area (Å²) in [6.45, 7) is 6.15. The van der Waals surface area contributed by atoms with Gasteiger partial charge in [-0.1, -0.05) is 32.3 Å². The van der Waals surface area contributed by atoms with Crippen LogP contribution in [0.25, 0.3) is 0 Å². The van der Waals surface area contributed by atoms with E-state index < -0.39 is 5.60 Å². The fourth-order valence-electron chi connectivity index (χ4n) is 2.33. The van der Waals surface area contributed by atoms with Gasteiger partial charge in [0.2, 0.25) is 5.89 Å². The van der Waals surface area contributed by atoms with Crippen molar-refractivity contribution in [1.82, 2.24) is 10.1 Å². The van der Waals surface area contributed by atoms with Crippen molar-refractivity contribution >= 4 is 0 Å². The Morgan fingerprint density at radius 2 is 2.31 bits per heavy atom. The van der Waals surface area contributed by atoms with Crippen LogP contribution in [-0.4, -0.2) is 20.8 Å². The Morgan fingerprint density at radius 3 is 2.81 bits per heavy atom. The molecule has 4 heteroatoms. The molecule has 0 amide bonds. The second-order valence-electron chi connectivity index (χ2n) is 5.27. The van der Waals surface area contributed by atoms with E-state index in [2.05, 4.69) is 17.1 Å². The predicted molar refractivity (Wildman–Crippen MR) is 60.1 cm³/mol. The van der Waals surface area contributed by atoms with Gasteiger partial charge in [0.1, 0.15) is 0 Å². The van der Waals surface area contributed by atoms with Gasteiger partial charge in [0.15, 0.2) is 5.82 Å². The lowest BCUT2D eigenvalue weighted by Gasteiger charge is -2.25. The molecule has 2 unspecified atom stereocenters. The number of aromatic nitrogens is 2. The molecule has 0 radical (unpaired) electrons. The molecule has 16 heavy (non-hydrogen) atoms. The highest BCUT2D eigenvalue weighted by Gasteiger charge is 2.39. The number of hydrogen-bond acceptors (Lipinski definition) is 4. The lowest BCUT2D eigenvalue weighted by molar-refractivity contribution is 0.00291.